The van der Waals surface area contributed by atoms with Crippen LogP contribution in [-0.2, 0) is 30.0 Å². The smallest absolute Gasteiger partial charge is 0.270 e. The van der Waals surface area contributed by atoms with Crippen molar-refractivity contribution in [3.05, 3.63) is 77.4 Å². The SMILES string of the molecule is CC(=O)Cc1cnc[nH]1.CCCCc1ccc(Oc2ccc(C(C)(F)F)cc2)cc1CC. The van der Waals surface area contributed by atoms with E-state index >= 15 is 0 Å². The lowest BCUT2D eigenvalue weighted by molar-refractivity contribution is -0.116. The number of nitrogens with one attached hydrogen (secondary N) is 1. The van der Waals surface area contributed by atoms with E-state index in [1.54, 1.807) is 31.6 Å². The van der Waals surface area contributed by atoms with Gasteiger partial charge in [-0.2, -0.15) is 0 Å². The number of ketones is 1. The fourth-order valence-electron chi connectivity index (χ4n) is 3.21. The van der Waals surface area contributed by atoms with E-state index < -0.39 is 5.92 Å². The first-order valence-electron chi connectivity index (χ1n) is 11.0. The number of benzene rings is 2. The average Bonchev–Trinajstić information content (AvgIpc) is 3.25. The highest BCUT2D eigenvalue weighted by Crippen LogP contribution is 2.30. The first kappa shape index (κ1) is 25.2. The summed E-state index contributed by atoms with van der Waals surface area (Å²) in [6.45, 7) is 6.77. The topological polar surface area (TPSA) is 55.0 Å². The van der Waals surface area contributed by atoms with Gasteiger partial charge in [-0.05, 0) is 73.7 Å². The van der Waals surface area contributed by atoms with Crippen molar-refractivity contribution in [2.75, 3.05) is 0 Å². The van der Waals surface area contributed by atoms with Crippen LogP contribution in [0.1, 0.15) is 62.9 Å². The van der Waals surface area contributed by atoms with Crippen LogP contribution in [0.4, 0.5) is 8.78 Å². The quantitative estimate of drug-likeness (QED) is 0.387. The summed E-state index contributed by atoms with van der Waals surface area (Å²) in [5.74, 6) is -1.35. The molecule has 0 aliphatic rings. The largest absolute Gasteiger partial charge is 0.457 e. The predicted octanol–water partition coefficient (Wildman–Crippen LogP) is 7.04. The zero-order chi connectivity index (χ0) is 23.6. The monoisotopic (exact) mass is 442 g/mol. The van der Waals surface area contributed by atoms with Crippen LogP contribution < -0.4 is 4.74 Å². The molecule has 1 N–H and O–H groups in total. The van der Waals surface area contributed by atoms with Crippen LogP contribution >= 0.6 is 0 Å². The van der Waals surface area contributed by atoms with Gasteiger partial charge in [0.1, 0.15) is 17.3 Å². The molecule has 0 bridgehead atoms. The number of imidazole rings is 1. The molecule has 6 heteroatoms. The molecular formula is C26H32F2N2O2. The molecule has 3 rings (SSSR count). The van der Waals surface area contributed by atoms with Crippen molar-refractivity contribution in [3.8, 4) is 11.5 Å². The standard InChI is InChI=1S/C20H24F2O.C6H8N2O/c1-4-6-7-16-8-11-19(14-15(16)5-2)23-18-12-9-17(10-13-18)20(3,21)22;1-5(9)2-6-3-7-4-8-6/h8-14H,4-7H2,1-3H3;3-4H,2H2,1H3,(H,7,8). The van der Waals surface area contributed by atoms with Crippen LogP contribution in [0.15, 0.2) is 55.0 Å². The average molecular weight is 443 g/mol. The Balaban J connectivity index is 0.000000336. The Morgan fingerprint density at radius 3 is 2.28 bits per heavy atom. The van der Waals surface area contributed by atoms with Crippen molar-refractivity contribution in [3.63, 3.8) is 0 Å². The highest BCUT2D eigenvalue weighted by Gasteiger charge is 2.23. The zero-order valence-electron chi connectivity index (χ0n) is 19.3. The first-order chi connectivity index (χ1) is 15.2. The molecule has 0 fully saturated rings. The fourth-order valence-corrected chi connectivity index (χ4v) is 3.21. The number of ether oxygens (including phenoxy) is 1. The van der Waals surface area contributed by atoms with Gasteiger partial charge in [0, 0.05) is 30.8 Å². The zero-order valence-corrected chi connectivity index (χ0v) is 19.3. The molecule has 0 atom stereocenters. The second-order valence-corrected chi connectivity index (χ2v) is 7.86. The van der Waals surface area contributed by atoms with Crippen molar-refractivity contribution in [1.29, 1.82) is 0 Å². The van der Waals surface area contributed by atoms with E-state index in [1.807, 2.05) is 12.1 Å². The summed E-state index contributed by atoms with van der Waals surface area (Å²) in [4.78, 5) is 17.1. The molecule has 0 spiro atoms. The second-order valence-electron chi connectivity index (χ2n) is 7.86. The molecule has 3 aromatic rings. The van der Waals surface area contributed by atoms with Crippen LogP contribution in [0.25, 0.3) is 0 Å². The number of aryl methyl sites for hydroxylation is 2. The number of hydrogen-bond acceptors (Lipinski definition) is 3. The maximum absolute atomic E-state index is 13.2. The second kappa shape index (κ2) is 12.1. The summed E-state index contributed by atoms with van der Waals surface area (Å²) in [5.41, 5.74) is 3.52. The van der Waals surface area contributed by atoms with Gasteiger partial charge in [0.25, 0.3) is 5.92 Å². The lowest BCUT2D eigenvalue weighted by Gasteiger charge is -2.13. The number of aromatic amines is 1. The summed E-state index contributed by atoms with van der Waals surface area (Å²) in [6.07, 6.45) is 8.08. The van der Waals surface area contributed by atoms with E-state index in [9.17, 15) is 13.6 Å². The van der Waals surface area contributed by atoms with Crippen LogP contribution in [0.5, 0.6) is 11.5 Å². The summed E-state index contributed by atoms with van der Waals surface area (Å²) in [6, 6.07) is 12.1. The summed E-state index contributed by atoms with van der Waals surface area (Å²) in [7, 11) is 0. The molecule has 0 aliphatic carbocycles. The third-order valence-corrected chi connectivity index (χ3v) is 4.95. The molecule has 2 aromatic carbocycles. The molecule has 0 aliphatic heterocycles. The van der Waals surface area contributed by atoms with Crippen molar-refractivity contribution < 1.29 is 18.3 Å². The molecule has 0 saturated carbocycles. The van der Waals surface area contributed by atoms with Crippen LogP contribution in [0, 0.1) is 0 Å². The van der Waals surface area contributed by atoms with E-state index in [1.165, 1.54) is 36.1 Å². The normalized spacial score (nSPS) is 10.9. The van der Waals surface area contributed by atoms with Gasteiger partial charge in [-0.3, -0.25) is 4.79 Å². The number of Topliss-reactive ketones (excluding diaryl/α,β-unsaturated/α-hetero) is 1. The molecule has 1 heterocycles. The van der Waals surface area contributed by atoms with Crippen molar-refractivity contribution in [2.24, 2.45) is 0 Å². The minimum Gasteiger partial charge on any atom is -0.457 e. The van der Waals surface area contributed by atoms with E-state index in [4.69, 9.17) is 4.74 Å². The number of alkyl halides is 2. The third kappa shape index (κ3) is 8.25. The Morgan fingerprint density at radius 1 is 1.06 bits per heavy atom. The van der Waals surface area contributed by atoms with Gasteiger partial charge in [0.2, 0.25) is 0 Å². The number of H-pyrrole nitrogens is 1. The number of unbranched alkanes of at least 4 members (excludes halogenated alkanes) is 1. The van der Waals surface area contributed by atoms with E-state index in [-0.39, 0.29) is 11.3 Å². The van der Waals surface area contributed by atoms with E-state index in [2.05, 4.69) is 29.9 Å². The van der Waals surface area contributed by atoms with E-state index in [0.717, 1.165) is 31.2 Å². The van der Waals surface area contributed by atoms with Gasteiger partial charge in [0.05, 0.1) is 6.33 Å². The van der Waals surface area contributed by atoms with Crippen molar-refractivity contribution in [1.82, 2.24) is 9.97 Å². The Bertz CT molecular complexity index is 962. The van der Waals surface area contributed by atoms with E-state index in [0.29, 0.717) is 12.2 Å². The number of carbonyl (C=O) groups excluding carboxylic acids is 1. The van der Waals surface area contributed by atoms with Crippen LogP contribution in [0.3, 0.4) is 0 Å². The number of nitrogens with zero attached hydrogens (tertiary/aromatic N) is 1. The number of rotatable bonds is 9. The first-order valence-corrected chi connectivity index (χ1v) is 11.0. The number of aromatic nitrogens is 2. The molecule has 172 valence electrons. The third-order valence-electron chi connectivity index (χ3n) is 4.95. The number of carbonyl (C=O) groups is 1. The number of halogens is 2. The molecule has 0 amide bonds. The van der Waals surface area contributed by atoms with Crippen LogP contribution in [-0.4, -0.2) is 15.8 Å². The highest BCUT2D eigenvalue weighted by atomic mass is 19.3. The molecule has 0 unspecified atom stereocenters. The lowest BCUT2D eigenvalue weighted by Crippen LogP contribution is -2.06. The van der Waals surface area contributed by atoms with Crippen LogP contribution in [0.2, 0.25) is 0 Å². The summed E-state index contributed by atoms with van der Waals surface area (Å²) >= 11 is 0. The minimum atomic E-state index is -2.82. The Hall–Kier alpha value is -3.02. The van der Waals surface area contributed by atoms with Gasteiger partial charge < -0.3 is 9.72 Å². The molecular weight excluding hydrogens is 410 g/mol. The number of hydrogen-bond donors (Lipinski definition) is 1. The van der Waals surface area contributed by atoms with Gasteiger partial charge >= 0.3 is 0 Å². The molecule has 4 nitrogen and oxygen atoms in total. The minimum absolute atomic E-state index is 0.00555. The van der Waals surface area contributed by atoms with Crippen molar-refractivity contribution in [2.45, 2.75) is 65.7 Å². The van der Waals surface area contributed by atoms with Gasteiger partial charge in [-0.1, -0.05) is 26.3 Å². The molecule has 32 heavy (non-hydrogen) atoms. The van der Waals surface area contributed by atoms with Gasteiger partial charge in [0.15, 0.2) is 0 Å². The maximum atomic E-state index is 13.2. The molecule has 0 saturated heterocycles. The lowest BCUT2D eigenvalue weighted by atomic mass is 10.00. The Morgan fingerprint density at radius 2 is 1.75 bits per heavy atom. The molecule has 0 radical (unpaired) electrons. The highest BCUT2D eigenvalue weighted by molar-refractivity contribution is 5.77. The predicted molar refractivity (Wildman–Crippen MR) is 123 cm³/mol. The summed E-state index contributed by atoms with van der Waals surface area (Å²) < 4.78 is 32.2. The van der Waals surface area contributed by atoms with Crippen molar-refractivity contribution >= 4 is 5.78 Å². The molecule has 1 aromatic heterocycles. The Labute approximate surface area is 189 Å². The van der Waals surface area contributed by atoms with Gasteiger partial charge in [-0.15, -0.1) is 0 Å². The Kier molecular flexibility index (Phi) is 9.57. The summed E-state index contributed by atoms with van der Waals surface area (Å²) in [5, 5.41) is 0. The van der Waals surface area contributed by atoms with Gasteiger partial charge in [-0.25, -0.2) is 13.8 Å². The fraction of sp³-hybridized carbons (Fsp3) is 0.385. The maximum Gasteiger partial charge on any atom is 0.270 e.